The number of esters is 2. The van der Waals surface area contributed by atoms with Gasteiger partial charge in [0.05, 0.1) is 37.4 Å². The average molecular weight is 1050 g/mol. The van der Waals surface area contributed by atoms with E-state index in [1.807, 2.05) is 6.92 Å². The molecular formula is C48H81N3O18P2. The molecule has 0 aromatic carbocycles. The summed E-state index contributed by atoms with van der Waals surface area (Å²) in [5.41, 5.74) is 4.75. The van der Waals surface area contributed by atoms with Gasteiger partial charge in [0.2, 0.25) is 0 Å². The second kappa shape index (κ2) is 33.6. The summed E-state index contributed by atoms with van der Waals surface area (Å²) in [6.45, 7) is 1.46. The highest BCUT2D eigenvalue weighted by Gasteiger charge is 2.45. The molecule has 1 aromatic heterocycles. The molecule has 11 atom stereocenters. The van der Waals surface area contributed by atoms with Crippen molar-refractivity contribution in [2.75, 3.05) is 25.6 Å². The van der Waals surface area contributed by atoms with E-state index in [-0.39, 0.29) is 31.5 Å². The molecule has 2 fully saturated rings. The number of aromatic nitrogens is 2. The SMILES string of the molecule is CCCCCC/C=C\CCCCCCCC(=O)OC[C@@H]1COP(=O)(O)OP(=O)(O)OC[C@H]2O[C@@H](n3ccc(N)nc3=O)[C@@H](CCCCCCC(=O)O1)C(=O)C[C@@H](O)[C@H](/C=C\[C@@H](O)CCCCC)[C@H](O)[C@@H]2O. The smallest absolute Gasteiger partial charge is 0.462 e. The number of phosphoric ester groups is 2. The zero-order chi connectivity index (χ0) is 52.2. The fourth-order valence-corrected chi connectivity index (χ4v) is 10.4. The number of fused-ring (bicyclic) bond motifs is 3. The molecule has 2 aliphatic rings. The lowest BCUT2D eigenvalue weighted by atomic mass is 9.83. The quantitative estimate of drug-likeness (QED) is 0.0271. The number of cyclic esters (lactones) is 1. The van der Waals surface area contributed by atoms with E-state index in [0.717, 1.165) is 55.9 Å². The van der Waals surface area contributed by atoms with E-state index >= 15 is 0 Å². The number of allylic oxidation sites excluding steroid dienone is 2. The van der Waals surface area contributed by atoms with Gasteiger partial charge in [-0.25, -0.2) is 13.9 Å². The molecule has 71 heavy (non-hydrogen) atoms. The Labute approximate surface area is 417 Å². The van der Waals surface area contributed by atoms with E-state index in [4.69, 9.17) is 29.0 Å². The number of unbranched alkanes of at least 4 members (excludes halogenated alkanes) is 11. The third-order valence-electron chi connectivity index (χ3n) is 12.4. The number of nitrogens with two attached hydrogens (primary N) is 1. The number of carbonyl (C=O) groups is 3. The zero-order valence-electron chi connectivity index (χ0n) is 41.5. The van der Waals surface area contributed by atoms with Gasteiger partial charge in [0, 0.05) is 31.4 Å². The molecule has 406 valence electrons. The number of Topliss-reactive ketones (excluding diaryl/α,β-unsaturated/α-hetero) is 1. The van der Waals surface area contributed by atoms with Crippen LogP contribution in [-0.4, -0.2) is 114 Å². The summed E-state index contributed by atoms with van der Waals surface area (Å²) in [4.78, 5) is 78.3. The van der Waals surface area contributed by atoms with E-state index < -0.39 is 120 Å². The van der Waals surface area contributed by atoms with Gasteiger partial charge in [0.15, 0.2) is 6.10 Å². The first-order valence-electron chi connectivity index (χ1n) is 25.5. The predicted octanol–water partition coefficient (Wildman–Crippen LogP) is 6.81. The van der Waals surface area contributed by atoms with Gasteiger partial charge in [-0.1, -0.05) is 115 Å². The number of hydrogen-bond donors (Lipinski definition) is 7. The summed E-state index contributed by atoms with van der Waals surface area (Å²) in [6, 6.07) is 1.23. The Morgan fingerprint density at radius 3 is 2.20 bits per heavy atom. The van der Waals surface area contributed by atoms with Gasteiger partial charge in [-0.05, 0) is 57.4 Å². The summed E-state index contributed by atoms with van der Waals surface area (Å²) in [5.74, 6) is -4.93. The molecule has 2 unspecified atom stereocenters. The zero-order valence-corrected chi connectivity index (χ0v) is 43.3. The second-order valence-corrected chi connectivity index (χ2v) is 21.5. The summed E-state index contributed by atoms with van der Waals surface area (Å²) < 4.78 is 58.8. The van der Waals surface area contributed by atoms with Gasteiger partial charge in [-0.15, -0.1) is 0 Å². The van der Waals surface area contributed by atoms with Crippen LogP contribution in [0.1, 0.15) is 168 Å². The maximum absolute atomic E-state index is 14.3. The predicted molar refractivity (Wildman–Crippen MR) is 262 cm³/mol. The third-order valence-corrected chi connectivity index (χ3v) is 15.0. The standard InChI is InChI=1S/C48H81N3O18P2/c1-3-5-7-8-9-10-11-12-13-14-15-16-21-25-43(55)64-32-36-33-65-70(60,61)69-71(62,63)66-34-41-46(58)45(57)37(28-27-35(52)23-19-6-4-2)39(53)31-40(54)38(24-20-17-18-22-26-44(56)67-36)47(68-41)51-30-29-42(49)50-48(51)59/h10-11,27-30,35-39,41,45-47,52-53,57-58H,3-9,12-26,31-34H2,1-2H3,(H,60,61)(H,62,63)(H2,49,50,59)/b11-10-,28-27-/t35-,36+,37-,38-,39+,41+,45-,46+,47+/m0/s1. The lowest BCUT2D eigenvalue weighted by Gasteiger charge is -2.38. The molecule has 0 radical (unpaired) electrons. The minimum atomic E-state index is -5.71. The van der Waals surface area contributed by atoms with Crippen molar-refractivity contribution in [2.24, 2.45) is 11.8 Å². The number of aliphatic hydroxyl groups is 4. The number of rotatable bonds is 22. The van der Waals surface area contributed by atoms with Crippen LogP contribution >= 0.6 is 15.6 Å². The van der Waals surface area contributed by atoms with Crippen molar-refractivity contribution in [1.29, 1.82) is 0 Å². The van der Waals surface area contributed by atoms with Gasteiger partial charge >= 0.3 is 33.3 Å². The van der Waals surface area contributed by atoms with Crippen LogP contribution in [0.25, 0.3) is 0 Å². The molecule has 3 heterocycles. The molecular weight excluding hydrogens is 968 g/mol. The van der Waals surface area contributed by atoms with Gasteiger partial charge in [-0.2, -0.15) is 9.29 Å². The molecule has 0 amide bonds. The molecule has 2 saturated heterocycles. The van der Waals surface area contributed by atoms with E-state index in [2.05, 4.69) is 28.4 Å². The summed E-state index contributed by atoms with van der Waals surface area (Å²) in [7, 11) is -11.3. The number of ether oxygens (including phenoxy) is 3. The van der Waals surface area contributed by atoms with Crippen LogP contribution in [0.2, 0.25) is 0 Å². The maximum Gasteiger partial charge on any atom is 0.481 e. The van der Waals surface area contributed by atoms with Crippen molar-refractivity contribution in [3.63, 3.8) is 0 Å². The lowest BCUT2D eigenvalue weighted by Crippen LogP contribution is -2.51. The topological polar surface area (TPSA) is 323 Å². The van der Waals surface area contributed by atoms with Crippen molar-refractivity contribution >= 4 is 39.2 Å². The van der Waals surface area contributed by atoms with Crippen LogP contribution in [0.4, 0.5) is 5.82 Å². The number of phosphoric acid groups is 2. The highest BCUT2D eigenvalue weighted by Crippen LogP contribution is 2.60. The van der Waals surface area contributed by atoms with Crippen LogP contribution in [0, 0.1) is 11.8 Å². The van der Waals surface area contributed by atoms with E-state index in [1.54, 1.807) is 0 Å². The molecule has 8 N–H and O–H groups in total. The lowest BCUT2D eigenvalue weighted by molar-refractivity contribution is -0.184. The van der Waals surface area contributed by atoms with Gasteiger partial charge in [0.1, 0.15) is 36.6 Å². The number of anilines is 1. The van der Waals surface area contributed by atoms with Crippen molar-refractivity contribution in [2.45, 2.75) is 204 Å². The Morgan fingerprint density at radius 2 is 1.51 bits per heavy atom. The van der Waals surface area contributed by atoms with Crippen molar-refractivity contribution in [3.8, 4) is 0 Å². The number of nitrogens with zero attached hydrogens (tertiary/aromatic N) is 2. The minimum Gasteiger partial charge on any atom is -0.462 e. The monoisotopic (exact) mass is 1050 g/mol. The highest BCUT2D eigenvalue weighted by molar-refractivity contribution is 7.61. The molecule has 0 spiro atoms. The Morgan fingerprint density at radius 1 is 0.873 bits per heavy atom. The molecule has 2 aliphatic heterocycles. The normalized spacial score (nSPS) is 29.7. The molecule has 0 saturated carbocycles. The summed E-state index contributed by atoms with van der Waals surface area (Å²) in [6.07, 6.45) is 11.1. The van der Waals surface area contributed by atoms with Crippen molar-refractivity contribution in [1.82, 2.24) is 9.55 Å². The number of nitrogen functional groups attached to an aromatic ring is 1. The third kappa shape index (κ3) is 24.6. The minimum absolute atomic E-state index is 0.00264. The van der Waals surface area contributed by atoms with Gasteiger partial charge < -0.3 is 50.2 Å². The van der Waals surface area contributed by atoms with Crippen molar-refractivity contribution < 1.29 is 81.3 Å². The van der Waals surface area contributed by atoms with E-state index in [1.165, 1.54) is 50.1 Å². The highest BCUT2D eigenvalue weighted by atomic mass is 31.3. The molecule has 3 rings (SSSR count). The van der Waals surface area contributed by atoms with Gasteiger partial charge in [-0.3, -0.25) is 28.0 Å². The summed E-state index contributed by atoms with van der Waals surface area (Å²) in [5, 5.41) is 45.5. The number of hydrogen-bond acceptors (Lipinski definition) is 18. The van der Waals surface area contributed by atoms with Crippen LogP contribution in [0.5, 0.6) is 0 Å². The van der Waals surface area contributed by atoms with E-state index in [0.29, 0.717) is 38.5 Å². The van der Waals surface area contributed by atoms with Gasteiger partial charge in [0.25, 0.3) is 0 Å². The molecule has 2 bridgehead atoms. The number of aliphatic hydroxyl groups excluding tert-OH is 4. The molecule has 21 nitrogen and oxygen atoms in total. The average Bonchev–Trinajstić information content (AvgIpc) is 3.30. The van der Waals surface area contributed by atoms with Crippen molar-refractivity contribution in [3.05, 3.63) is 47.1 Å². The fraction of sp³-hybridized carbons (Fsp3) is 0.771. The number of carbonyl (C=O) groups excluding carboxylic acids is 3. The molecule has 1 aromatic rings. The Hall–Kier alpha value is -3.17. The Kier molecular flexibility index (Phi) is 29.4. The molecule has 0 aliphatic carbocycles. The van der Waals surface area contributed by atoms with Crippen LogP contribution < -0.4 is 11.4 Å². The Balaban J connectivity index is 1.80. The Bertz CT molecular complexity index is 1950. The molecule has 23 heteroatoms. The summed E-state index contributed by atoms with van der Waals surface area (Å²) >= 11 is 0. The van der Waals surface area contributed by atoms with Crippen LogP contribution in [-0.2, 0) is 51.1 Å². The van der Waals surface area contributed by atoms with Crippen LogP contribution in [0.3, 0.4) is 0 Å². The number of ketones is 1. The van der Waals surface area contributed by atoms with Crippen LogP contribution in [0.15, 0.2) is 41.4 Å². The fourth-order valence-electron chi connectivity index (χ4n) is 8.32. The second-order valence-electron chi connectivity index (χ2n) is 18.4. The van der Waals surface area contributed by atoms with E-state index in [9.17, 15) is 58.5 Å². The first kappa shape index (κ1) is 62.1. The first-order valence-corrected chi connectivity index (χ1v) is 28.4. The largest absolute Gasteiger partial charge is 0.481 e. The maximum atomic E-state index is 14.3. The first-order chi connectivity index (χ1) is 33.9.